The molecule has 0 heterocycles. The Morgan fingerprint density at radius 3 is 2.29 bits per heavy atom. The number of hydrogen-bond acceptors (Lipinski definition) is 1. The maximum absolute atomic E-state index is 12.6. The second-order valence-electron chi connectivity index (χ2n) is 4.43. The van der Waals surface area contributed by atoms with Gasteiger partial charge < -0.3 is 5.11 Å². The van der Waals surface area contributed by atoms with Gasteiger partial charge in [-0.25, -0.2) is 0 Å². The van der Waals surface area contributed by atoms with Crippen LogP contribution in [-0.4, -0.2) is 5.11 Å². The van der Waals surface area contributed by atoms with Crippen LogP contribution in [0.3, 0.4) is 0 Å². The highest BCUT2D eigenvalue weighted by molar-refractivity contribution is 6.31. The van der Waals surface area contributed by atoms with Crippen LogP contribution in [0.4, 0.5) is 13.2 Å². The number of rotatable bonds is 1. The first-order valence-electron chi connectivity index (χ1n) is 5.42. The zero-order valence-corrected chi connectivity index (χ0v) is 9.78. The third-order valence-corrected chi connectivity index (χ3v) is 3.56. The van der Waals surface area contributed by atoms with Crippen molar-refractivity contribution in [2.75, 3.05) is 0 Å². The Morgan fingerprint density at radius 1 is 1.18 bits per heavy atom. The van der Waals surface area contributed by atoms with Crippen LogP contribution in [0.25, 0.3) is 0 Å². The van der Waals surface area contributed by atoms with Crippen LogP contribution in [0.5, 0.6) is 0 Å². The molecule has 17 heavy (non-hydrogen) atoms. The smallest absolute Gasteiger partial charge is 0.385 e. The molecular weight excluding hydrogens is 253 g/mol. The molecule has 0 amide bonds. The van der Waals surface area contributed by atoms with E-state index in [-0.39, 0.29) is 10.6 Å². The molecule has 1 aliphatic rings. The monoisotopic (exact) mass is 264 g/mol. The first-order chi connectivity index (χ1) is 7.83. The normalized spacial score (nSPS) is 19.6. The summed E-state index contributed by atoms with van der Waals surface area (Å²) in [5, 5.41) is 10.5. The third-order valence-electron chi connectivity index (χ3n) is 3.23. The van der Waals surface area contributed by atoms with Crippen LogP contribution in [0, 0.1) is 0 Å². The summed E-state index contributed by atoms with van der Waals surface area (Å²) >= 11 is 5.89. The number of hydrogen-bond donors (Lipinski definition) is 1. The SMILES string of the molecule is OC1(c2cc(C(F)(F)F)ccc2Cl)CCCC1. The Hall–Kier alpha value is -0.740. The van der Waals surface area contributed by atoms with E-state index in [2.05, 4.69) is 0 Å². The number of aliphatic hydroxyl groups is 1. The second-order valence-corrected chi connectivity index (χ2v) is 4.84. The fourth-order valence-corrected chi connectivity index (χ4v) is 2.58. The quantitative estimate of drug-likeness (QED) is 0.809. The standard InChI is InChI=1S/C12H12ClF3O/c13-10-4-3-8(12(14,15)16)7-9(10)11(17)5-1-2-6-11/h3-4,7,17H,1-2,5-6H2. The Morgan fingerprint density at radius 2 is 1.76 bits per heavy atom. The minimum absolute atomic E-state index is 0.197. The van der Waals surface area contributed by atoms with Crippen molar-refractivity contribution < 1.29 is 18.3 Å². The van der Waals surface area contributed by atoms with Gasteiger partial charge in [0.25, 0.3) is 0 Å². The Balaban J connectivity index is 2.46. The fourth-order valence-electron chi connectivity index (χ4n) is 2.29. The predicted molar refractivity (Wildman–Crippen MR) is 58.8 cm³/mol. The first kappa shape index (κ1) is 12.7. The average molecular weight is 265 g/mol. The lowest BCUT2D eigenvalue weighted by Gasteiger charge is -2.24. The van der Waals surface area contributed by atoms with E-state index >= 15 is 0 Å². The summed E-state index contributed by atoms with van der Waals surface area (Å²) in [6.45, 7) is 0. The molecule has 0 radical (unpaired) electrons. The molecule has 2 rings (SSSR count). The highest BCUT2D eigenvalue weighted by atomic mass is 35.5. The molecule has 0 bridgehead atoms. The van der Waals surface area contributed by atoms with Crippen LogP contribution < -0.4 is 0 Å². The van der Waals surface area contributed by atoms with Crippen molar-refractivity contribution >= 4 is 11.6 Å². The summed E-state index contributed by atoms with van der Waals surface area (Å²) in [7, 11) is 0. The highest BCUT2D eigenvalue weighted by Gasteiger charge is 2.38. The molecule has 1 aromatic rings. The summed E-state index contributed by atoms with van der Waals surface area (Å²) < 4.78 is 37.8. The molecule has 0 saturated heterocycles. The van der Waals surface area contributed by atoms with Crippen molar-refractivity contribution in [3.8, 4) is 0 Å². The minimum Gasteiger partial charge on any atom is -0.385 e. The largest absolute Gasteiger partial charge is 0.416 e. The van der Waals surface area contributed by atoms with Gasteiger partial charge in [0.2, 0.25) is 0 Å². The van der Waals surface area contributed by atoms with E-state index in [9.17, 15) is 18.3 Å². The van der Waals surface area contributed by atoms with E-state index in [1.54, 1.807) is 0 Å². The van der Waals surface area contributed by atoms with Crippen molar-refractivity contribution in [3.05, 3.63) is 34.3 Å². The van der Waals surface area contributed by atoms with Crippen LogP contribution in [0.15, 0.2) is 18.2 Å². The lowest BCUT2D eigenvalue weighted by Crippen LogP contribution is -2.22. The summed E-state index contributed by atoms with van der Waals surface area (Å²) in [6.07, 6.45) is -1.86. The molecule has 1 fully saturated rings. The summed E-state index contributed by atoms with van der Waals surface area (Å²) in [4.78, 5) is 0. The molecule has 1 aliphatic carbocycles. The highest BCUT2D eigenvalue weighted by Crippen LogP contribution is 2.43. The van der Waals surface area contributed by atoms with Gasteiger partial charge in [-0.2, -0.15) is 13.2 Å². The first-order valence-corrected chi connectivity index (χ1v) is 5.80. The molecule has 0 aromatic heterocycles. The molecule has 0 atom stereocenters. The molecule has 1 N–H and O–H groups in total. The van der Waals surface area contributed by atoms with Gasteiger partial charge in [-0.05, 0) is 31.0 Å². The fraction of sp³-hybridized carbons (Fsp3) is 0.500. The molecule has 94 valence electrons. The second kappa shape index (κ2) is 4.18. The van der Waals surface area contributed by atoms with Crippen LogP contribution in [-0.2, 0) is 11.8 Å². The molecule has 0 unspecified atom stereocenters. The van der Waals surface area contributed by atoms with Crippen molar-refractivity contribution in [3.63, 3.8) is 0 Å². The van der Waals surface area contributed by atoms with Gasteiger partial charge in [0.15, 0.2) is 0 Å². The van der Waals surface area contributed by atoms with Gasteiger partial charge in [0, 0.05) is 10.6 Å². The summed E-state index contributed by atoms with van der Waals surface area (Å²) in [5.41, 5.74) is -1.76. The summed E-state index contributed by atoms with van der Waals surface area (Å²) in [5.74, 6) is 0. The van der Waals surface area contributed by atoms with Gasteiger partial charge in [-0.15, -0.1) is 0 Å². The molecule has 1 aromatic carbocycles. The van der Waals surface area contributed by atoms with Crippen LogP contribution >= 0.6 is 11.6 Å². The van der Waals surface area contributed by atoms with Crippen LogP contribution in [0.2, 0.25) is 5.02 Å². The van der Waals surface area contributed by atoms with Gasteiger partial charge >= 0.3 is 6.18 Å². The number of alkyl halides is 3. The van der Waals surface area contributed by atoms with Crippen LogP contribution in [0.1, 0.15) is 36.8 Å². The average Bonchev–Trinajstić information content (AvgIpc) is 2.65. The maximum Gasteiger partial charge on any atom is 0.416 e. The molecule has 0 spiro atoms. The third kappa shape index (κ3) is 2.43. The zero-order valence-electron chi connectivity index (χ0n) is 9.02. The predicted octanol–water partition coefficient (Wildman–Crippen LogP) is 4.12. The van der Waals surface area contributed by atoms with Crippen molar-refractivity contribution in [2.45, 2.75) is 37.5 Å². The Labute approximate surface area is 102 Å². The van der Waals surface area contributed by atoms with E-state index in [0.717, 1.165) is 25.0 Å². The molecule has 0 aliphatic heterocycles. The Bertz CT molecular complexity index is 422. The Kier molecular flexibility index (Phi) is 3.12. The van der Waals surface area contributed by atoms with E-state index in [1.165, 1.54) is 6.07 Å². The molecule has 1 saturated carbocycles. The van der Waals surface area contributed by atoms with E-state index in [0.29, 0.717) is 12.8 Å². The van der Waals surface area contributed by atoms with Crippen molar-refractivity contribution in [2.24, 2.45) is 0 Å². The maximum atomic E-state index is 12.6. The van der Waals surface area contributed by atoms with E-state index < -0.39 is 17.3 Å². The van der Waals surface area contributed by atoms with Crippen molar-refractivity contribution in [1.29, 1.82) is 0 Å². The molecule has 1 nitrogen and oxygen atoms in total. The zero-order chi connectivity index (χ0) is 12.7. The van der Waals surface area contributed by atoms with Gasteiger partial charge in [-0.1, -0.05) is 24.4 Å². The van der Waals surface area contributed by atoms with E-state index in [4.69, 9.17) is 11.6 Å². The minimum atomic E-state index is -4.41. The number of benzene rings is 1. The summed E-state index contributed by atoms with van der Waals surface area (Å²) in [6, 6.07) is 3.10. The van der Waals surface area contributed by atoms with Gasteiger partial charge in [0.05, 0.1) is 11.2 Å². The van der Waals surface area contributed by atoms with Gasteiger partial charge in [0.1, 0.15) is 0 Å². The van der Waals surface area contributed by atoms with E-state index in [1.807, 2.05) is 0 Å². The molecular formula is C12H12ClF3O. The lowest BCUT2D eigenvalue weighted by atomic mass is 9.91. The lowest BCUT2D eigenvalue weighted by molar-refractivity contribution is -0.137. The van der Waals surface area contributed by atoms with Gasteiger partial charge in [-0.3, -0.25) is 0 Å². The topological polar surface area (TPSA) is 20.2 Å². The number of halogens is 4. The van der Waals surface area contributed by atoms with Crippen molar-refractivity contribution in [1.82, 2.24) is 0 Å². The molecule has 5 heteroatoms.